The fourth-order valence-corrected chi connectivity index (χ4v) is 4.48. The van der Waals surface area contributed by atoms with Gasteiger partial charge in [0, 0.05) is 14.2 Å². The van der Waals surface area contributed by atoms with Gasteiger partial charge in [0.15, 0.2) is 20.2 Å². The van der Waals surface area contributed by atoms with Crippen molar-refractivity contribution in [3.63, 3.8) is 0 Å². The summed E-state index contributed by atoms with van der Waals surface area (Å²) in [7, 11) is 1.19. The molecule has 1 aromatic carbocycles. The van der Waals surface area contributed by atoms with Gasteiger partial charge < -0.3 is 18.6 Å². The third-order valence-electron chi connectivity index (χ3n) is 5.70. The van der Waals surface area contributed by atoms with Gasteiger partial charge in [-0.15, -0.1) is 6.58 Å². The second kappa shape index (κ2) is 8.41. The van der Waals surface area contributed by atoms with E-state index in [2.05, 4.69) is 64.7 Å². The topological polar surface area (TPSA) is 36.9 Å². The Morgan fingerprint density at radius 3 is 2.37 bits per heavy atom. The first-order valence-corrected chi connectivity index (χ1v) is 12.3. The van der Waals surface area contributed by atoms with Crippen LogP contribution in [0.25, 0.3) is 6.08 Å². The maximum Gasteiger partial charge on any atom is 0.193 e. The zero-order valence-corrected chi connectivity index (χ0v) is 18.7. The monoisotopic (exact) mass is 390 g/mol. The summed E-state index contributed by atoms with van der Waals surface area (Å²) in [6, 6.07) is 8.17. The summed E-state index contributed by atoms with van der Waals surface area (Å²) in [5.74, 6) is 0. The van der Waals surface area contributed by atoms with Crippen molar-refractivity contribution in [3.05, 3.63) is 54.1 Å². The largest absolute Gasteiger partial charge is 0.407 e. The van der Waals surface area contributed by atoms with Crippen LogP contribution in [0.4, 0.5) is 0 Å². The third kappa shape index (κ3) is 4.12. The van der Waals surface area contributed by atoms with Crippen LogP contribution in [0.2, 0.25) is 18.1 Å². The molecule has 0 fully saturated rings. The first-order chi connectivity index (χ1) is 12.6. The maximum absolute atomic E-state index is 6.83. The molecular formula is C22H34O4Si. The molecule has 1 aliphatic carbocycles. The summed E-state index contributed by atoms with van der Waals surface area (Å²) >= 11 is 0. The lowest BCUT2D eigenvalue weighted by atomic mass is 9.80. The van der Waals surface area contributed by atoms with Crippen molar-refractivity contribution in [1.82, 2.24) is 0 Å². The molecule has 5 heteroatoms. The third-order valence-corrected chi connectivity index (χ3v) is 10.2. The van der Waals surface area contributed by atoms with Gasteiger partial charge in [0.25, 0.3) is 0 Å². The normalized spacial score (nSPS) is 22.7. The SMILES string of the molecule is C=CCO[C@]1(C(OC)OC)c2ccccc2C=C[C@@H]1O[Si](C)(C)C(C)(C)C. The molecule has 0 amide bonds. The zero-order valence-electron chi connectivity index (χ0n) is 17.7. The van der Waals surface area contributed by atoms with E-state index in [1.807, 2.05) is 12.1 Å². The lowest BCUT2D eigenvalue weighted by molar-refractivity contribution is -0.261. The Balaban J connectivity index is 2.64. The summed E-state index contributed by atoms with van der Waals surface area (Å²) in [5, 5.41) is 0.0671. The molecule has 2 atom stereocenters. The fourth-order valence-electron chi connectivity index (χ4n) is 3.24. The van der Waals surface area contributed by atoms with E-state index in [-0.39, 0.29) is 11.1 Å². The lowest BCUT2D eigenvalue weighted by Gasteiger charge is -2.49. The number of fused-ring (bicyclic) bond motifs is 1. The number of hydrogen-bond acceptors (Lipinski definition) is 4. The molecule has 1 aromatic rings. The predicted molar refractivity (Wildman–Crippen MR) is 113 cm³/mol. The molecule has 4 nitrogen and oxygen atoms in total. The minimum absolute atomic E-state index is 0.0671. The second-order valence-electron chi connectivity index (χ2n) is 8.44. The average molecular weight is 391 g/mol. The van der Waals surface area contributed by atoms with E-state index in [9.17, 15) is 0 Å². The Kier molecular flexibility index (Phi) is 6.87. The first-order valence-electron chi connectivity index (χ1n) is 9.40. The molecule has 0 radical (unpaired) electrons. The molecule has 0 aromatic heterocycles. The first kappa shape index (κ1) is 22.1. The lowest BCUT2D eigenvalue weighted by Crippen LogP contribution is -2.58. The summed E-state index contributed by atoms with van der Waals surface area (Å²) in [6.07, 6.45) is 4.97. The van der Waals surface area contributed by atoms with Gasteiger partial charge in [0.1, 0.15) is 6.10 Å². The van der Waals surface area contributed by atoms with Crippen LogP contribution in [-0.4, -0.2) is 41.5 Å². The molecule has 0 heterocycles. The minimum Gasteiger partial charge on any atom is -0.407 e. The van der Waals surface area contributed by atoms with Crippen LogP contribution >= 0.6 is 0 Å². The van der Waals surface area contributed by atoms with E-state index in [0.29, 0.717) is 6.61 Å². The highest BCUT2D eigenvalue weighted by atomic mass is 28.4. The molecule has 27 heavy (non-hydrogen) atoms. The van der Waals surface area contributed by atoms with Crippen molar-refractivity contribution in [2.45, 2.75) is 56.9 Å². The highest BCUT2D eigenvalue weighted by Crippen LogP contribution is 2.46. The molecule has 0 saturated carbocycles. The summed E-state index contributed by atoms with van der Waals surface area (Å²) in [5.41, 5.74) is 1.17. The van der Waals surface area contributed by atoms with E-state index in [1.54, 1.807) is 20.3 Å². The Labute approximate surface area is 165 Å². The second-order valence-corrected chi connectivity index (χ2v) is 13.2. The smallest absolute Gasteiger partial charge is 0.193 e. The van der Waals surface area contributed by atoms with E-state index in [1.165, 1.54) is 0 Å². The molecule has 2 rings (SSSR count). The molecule has 0 spiro atoms. The molecule has 0 N–H and O–H groups in total. The Hall–Kier alpha value is -1.24. The van der Waals surface area contributed by atoms with Gasteiger partial charge in [-0.05, 0) is 29.3 Å². The predicted octanol–water partition coefficient (Wildman–Crippen LogP) is 5.12. The van der Waals surface area contributed by atoms with Gasteiger partial charge >= 0.3 is 0 Å². The van der Waals surface area contributed by atoms with E-state index in [4.69, 9.17) is 18.6 Å². The van der Waals surface area contributed by atoms with Crippen molar-refractivity contribution in [1.29, 1.82) is 0 Å². The standard InChI is InChI=1S/C22H34O4Si/c1-9-16-25-22(20(23-5)24-6)18-13-11-10-12-17(18)14-15-19(22)26-27(7,8)21(2,3)4/h9-15,19-20H,1,16H2,2-8H3/t19-,22+/m0/s1. The number of benzene rings is 1. The van der Waals surface area contributed by atoms with Gasteiger partial charge in [0.2, 0.25) is 0 Å². The maximum atomic E-state index is 6.83. The quantitative estimate of drug-likeness (QED) is 0.351. The number of rotatable bonds is 8. The summed E-state index contributed by atoms with van der Waals surface area (Å²) in [6.45, 7) is 15.4. The van der Waals surface area contributed by atoms with Crippen LogP contribution in [0.1, 0.15) is 31.9 Å². The molecule has 0 saturated heterocycles. The van der Waals surface area contributed by atoms with Crippen LogP contribution in [0.15, 0.2) is 43.0 Å². The molecule has 150 valence electrons. The van der Waals surface area contributed by atoms with Gasteiger partial charge in [0.05, 0.1) is 6.61 Å². The van der Waals surface area contributed by atoms with Gasteiger partial charge in [-0.2, -0.15) is 0 Å². The van der Waals surface area contributed by atoms with Gasteiger partial charge in [-0.25, -0.2) is 0 Å². The van der Waals surface area contributed by atoms with Gasteiger partial charge in [-0.1, -0.05) is 63.3 Å². The molecule has 1 aliphatic rings. The Morgan fingerprint density at radius 1 is 1.19 bits per heavy atom. The van der Waals surface area contributed by atoms with Crippen LogP contribution in [0.3, 0.4) is 0 Å². The number of ether oxygens (including phenoxy) is 3. The molecule has 0 bridgehead atoms. The van der Waals surface area contributed by atoms with Crippen LogP contribution < -0.4 is 0 Å². The Bertz CT molecular complexity index is 673. The Morgan fingerprint density at radius 2 is 1.81 bits per heavy atom. The summed E-state index contributed by atoms with van der Waals surface area (Å²) in [4.78, 5) is 0. The molecule has 0 aliphatic heterocycles. The fraction of sp³-hybridized carbons (Fsp3) is 0.545. The van der Waals surface area contributed by atoms with Crippen molar-refractivity contribution >= 4 is 14.4 Å². The summed E-state index contributed by atoms with van der Waals surface area (Å²) < 4.78 is 24.8. The van der Waals surface area contributed by atoms with Crippen LogP contribution in [-0.2, 0) is 24.2 Å². The number of hydrogen-bond donors (Lipinski definition) is 0. The van der Waals surface area contributed by atoms with Crippen molar-refractivity contribution < 1.29 is 18.6 Å². The van der Waals surface area contributed by atoms with E-state index in [0.717, 1.165) is 11.1 Å². The van der Waals surface area contributed by atoms with Crippen molar-refractivity contribution in [3.8, 4) is 0 Å². The molecule has 0 unspecified atom stereocenters. The number of methoxy groups -OCH3 is 2. The van der Waals surface area contributed by atoms with Crippen LogP contribution in [0, 0.1) is 0 Å². The van der Waals surface area contributed by atoms with Crippen LogP contribution in [0.5, 0.6) is 0 Å². The highest BCUT2D eigenvalue weighted by Gasteiger charge is 2.54. The van der Waals surface area contributed by atoms with E-state index >= 15 is 0 Å². The molecular weight excluding hydrogens is 356 g/mol. The highest BCUT2D eigenvalue weighted by molar-refractivity contribution is 6.74. The van der Waals surface area contributed by atoms with Crippen molar-refractivity contribution in [2.24, 2.45) is 0 Å². The zero-order chi connectivity index (χ0) is 20.3. The van der Waals surface area contributed by atoms with Gasteiger partial charge in [-0.3, -0.25) is 0 Å². The van der Waals surface area contributed by atoms with E-state index < -0.39 is 20.2 Å². The minimum atomic E-state index is -2.08. The van der Waals surface area contributed by atoms with Crippen molar-refractivity contribution in [2.75, 3.05) is 20.8 Å². The average Bonchev–Trinajstić information content (AvgIpc) is 2.61.